The maximum Gasteiger partial charge on any atom is 0.253 e. The third kappa shape index (κ3) is 3.09. The molecule has 2 aromatic rings. The van der Waals surface area contributed by atoms with Gasteiger partial charge in [-0.2, -0.15) is 4.68 Å². The second kappa shape index (κ2) is 5.65. The minimum Gasteiger partial charge on any atom is -0.348 e. The van der Waals surface area contributed by atoms with Crippen LogP contribution < -0.4 is 5.32 Å². The Kier molecular flexibility index (Phi) is 3.83. The zero-order chi connectivity index (χ0) is 15.7. The molecular formula is C12H12ClN5O3S. The van der Waals surface area contributed by atoms with Gasteiger partial charge in [-0.1, -0.05) is 11.6 Å². The molecule has 8 nitrogen and oxygen atoms in total. The minimum absolute atomic E-state index is 0.0352. The van der Waals surface area contributed by atoms with Crippen LogP contribution in [0.4, 0.5) is 0 Å². The van der Waals surface area contributed by atoms with Crippen LogP contribution in [-0.2, 0) is 9.84 Å². The van der Waals surface area contributed by atoms with Gasteiger partial charge in [0.15, 0.2) is 9.84 Å². The van der Waals surface area contributed by atoms with Gasteiger partial charge in [0.25, 0.3) is 5.91 Å². The van der Waals surface area contributed by atoms with E-state index >= 15 is 0 Å². The molecule has 2 heterocycles. The fourth-order valence-electron chi connectivity index (χ4n) is 2.33. The van der Waals surface area contributed by atoms with E-state index in [9.17, 15) is 13.2 Å². The van der Waals surface area contributed by atoms with Gasteiger partial charge in [0.05, 0.1) is 22.8 Å². The zero-order valence-electron chi connectivity index (χ0n) is 11.3. The Balaban J connectivity index is 1.87. The Labute approximate surface area is 131 Å². The normalized spacial score (nSPS) is 20.0. The van der Waals surface area contributed by atoms with E-state index in [1.807, 2.05) is 0 Å². The number of rotatable bonds is 3. The number of nitrogens with one attached hydrogen (secondary N) is 1. The van der Waals surface area contributed by atoms with Crippen LogP contribution >= 0.6 is 11.6 Å². The summed E-state index contributed by atoms with van der Waals surface area (Å²) in [6.45, 7) is 0. The van der Waals surface area contributed by atoms with Gasteiger partial charge in [0.2, 0.25) is 0 Å². The van der Waals surface area contributed by atoms with Crippen LogP contribution in [-0.4, -0.2) is 52.1 Å². The molecule has 1 N–H and O–H groups in total. The van der Waals surface area contributed by atoms with Gasteiger partial charge in [-0.3, -0.25) is 4.79 Å². The smallest absolute Gasteiger partial charge is 0.253 e. The molecule has 116 valence electrons. The van der Waals surface area contributed by atoms with Crippen LogP contribution in [0.25, 0.3) is 5.69 Å². The van der Waals surface area contributed by atoms with Gasteiger partial charge in [-0.25, -0.2) is 8.42 Å². The fraction of sp³-hybridized carbons (Fsp3) is 0.333. The summed E-state index contributed by atoms with van der Waals surface area (Å²) < 4.78 is 24.2. The Morgan fingerprint density at radius 1 is 1.41 bits per heavy atom. The van der Waals surface area contributed by atoms with E-state index in [1.165, 1.54) is 11.0 Å². The van der Waals surface area contributed by atoms with E-state index in [1.54, 1.807) is 18.2 Å². The molecule has 10 heteroatoms. The second-order valence-electron chi connectivity index (χ2n) is 4.99. The van der Waals surface area contributed by atoms with Gasteiger partial charge < -0.3 is 5.32 Å². The van der Waals surface area contributed by atoms with E-state index in [-0.39, 0.29) is 23.5 Å². The largest absolute Gasteiger partial charge is 0.348 e. The van der Waals surface area contributed by atoms with Gasteiger partial charge in [-0.15, -0.1) is 5.10 Å². The molecule has 1 aliphatic heterocycles. The molecule has 0 bridgehead atoms. The summed E-state index contributed by atoms with van der Waals surface area (Å²) in [4.78, 5) is 12.4. The Morgan fingerprint density at radius 2 is 2.23 bits per heavy atom. The van der Waals surface area contributed by atoms with E-state index in [0.717, 1.165) is 0 Å². The van der Waals surface area contributed by atoms with Crippen molar-refractivity contribution < 1.29 is 13.2 Å². The summed E-state index contributed by atoms with van der Waals surface area (Å²) >= 11 is 5.95. The molecular weight excluding hydrogens is 330 g/mol. The topological polar surface area (TPSA) is 107 Å². The van der Waals surface area contributed by atoms with E-state index in [4.69, 9.17) is 11.6 Å². The number of aromatic nitrogens is 4. The van der Waals surface area contributed by atoms with Crippen molar-refractivity contribution in [2.75, 3.05) is 11.5 Å². The second-order valence-corrected chi connectivity index (χ2v) is 7.65. The Bertz CT molecular complexity index is 806. The van der Waals surface area contributed by atoms with Crippen LogP contribution in [0.2, 0.25) is 5.02 Å². The highest BCUT2D eigenvalue weighted by molar-refractivity contribution is 7.91. The predicted molar refractivity (Wildman–Crippen MR) is 78.7 cm³/mol. The quantitative estimate of drug-likeness (QED) is 0.856. The summed E-state index contributed by atoms with van der Waals surface area (Å²) in [7, 11) is -3.06. The molecule has 1 aliphatic rings. The number of amides is 1. The number of tetrazole rings is 1. The van der Waals surface area contributed by atoms with E-state index in [2.05, 4.69) is 20.8 Å². The molecule has 1 saturated heterocycles. The molecule has 0 aliphatic carbocycles. The highest BCUT2D eigenvalue weighted by Crippen LogP contribution is 2.20. The number of hydrogen-bond acceptors (Lipinski definition) is 6. The van der Waals surface area contributed by atoms with E-state index in [0.29, 0.717) is 22.7 Å². The molecule has 0 saturated carbocycles. The van der Waals surface area contributed by atoms with Crippen molar-refractivity contribution in [3.63, 3.8) is 0 Å². The molecule has 1 atom stereocenters. The summed E-state index contributed by atoms with van der Waals surface area (Å²) in [6, 6.07) is 4.32. The van der Waals surface area contributed by atoms with Gasteiger partial charge in [0.1, 0.15) is 6.33 Å². The van der Waals surface area contributed by atoms with Gasteiger partial charge >= 0.3 is 0 Å². The predicted octanol–water partition coefficient (Wildman–Crippen LogP) is 0.233. The number of hydrogen-bond donors (Lipinski definition) is 1. The van der Waals surface area contributed by atoms with Crippen LogP contribution in [0.15, 0.2) is 24.5 Å². The lowest BCUT2D eigenvalue weighted by atomic mass is 10.1. The maximum absolute atomic E-state index is 12.4. The SMILES string of the molecule is O=C(NC1CCS(=O)(=O)C1)c1ccc(Cl)cc1-n1cnnn1. The summed E-state index contributed by atoms with van der Waals surface area (Å²) in [6.07, 6.45) is 1.77. The minimum atomic E-state index is -3.06. The first-order valence-electron chi connectivity index (χ1n) is 6.49. The number of sulfone groups is 1. The Morgan fingerprint density at radius 3 is 2.86 bits per heavy atom. The van der Waals surface area contributed by atoms with Crippen LogP contribution in [0.5, 0.6) is 0 Å². The summed E-state index contributed by atoms with van der Waals surface area (Å²) in [5.41, 5.74) is 0.747. The van der Waals surface area contributed by atoms with Gasteiger partial charge in [-0.05, 0) is 35.0 Å². The first-order valence-corrected chi connectivity index (χ1v) is 8.69. The molecule has 1 aromatic heterocycles. The van der Waals surface area contributed by atoms with Crippen molar-refractivity contribution in [1.82, 2.24) is 25.5 Å². The zero-order valence-corrected chi connectivity index (χ0v) is 12.9. The average Bonchev–Trinajstić information content (AvgIpc) is 3.08. The molecule has 1 aromatic carbocycles. The monoisotopic (exact) mass is 341 g/mol. The lowest BCUT2D eigenvalue weighted by Gasteiger charge is -2.13. The first-order chi connectivity index (χ1) is 10.4. The standard InChI is InChI=1S/C12H12ClN5O3S/c13-8-1-2-10(11(5-8)18-7-14-16-17-18)12(19)15-9-3-4-22(20,21)6-9/h1-2,5,7,9H,3-4,6H2,(H,15,19). The first kappa shape index (κ1) is 14.9. The van der Waals surface area contributed by atoms with Crippen LogP contribution in [0, 0.1) is 0 Å². The van der Waals surface area contributed by atoms with Crippen LogP contribution in [0.3, 0.4) is 0 Å². The van der Waals surface area contributed by atoms with Crippen molar-refractivity contribution >= 4 is 27.3 Å². The summed E-state index contributed by atoms with van der Waals surface area (Å²) in [5.74, 6) is -0.324. The molecule has 0 radical (unpaired) electrons. The van der Waals surface area contributed by atoms with Crippen molar-refractivity contribution in [3.05, 3.63) is 35.1 Å². The molecule has 1 unspecified atom stereocenters. The Hall–Kier alpha value is -2.00. The third-order valence-corrected chi connectivity index (χ3v) is 5.37. The number of carbonyl (C=O) groups is 1. The lowest BCUT2D eigenvalue weighted by molar-refractivity contribution is 0.0941. The van der Waals surface area contributed by atoms with Crippen molar-refractivity contribution in [2.24, 2.45) is 0 Å². The third-order valence-electron chi connectivity index (χ3n) is 3.37. The highest BCUT2D eigenvalue weighted by Gasteiger charge is 2.29. The molecule has 0 spiro atoms. The van der Waals surface area contributed by atoms with Crippen LogP contribution in [0.1, 0.15) is 16.8 Å². The number of benzene rings is 1. The lowest BCUT2D eigenvalue weighted by Crippen LogP contribution is -2.36. The molecule has 3 rings (SSSR count). The number of nitrogens with zero attached hydrogens (tertiary/aromatic N) is 4. The molecule has 1 fully saturated rings. The van der Waals surface area contributed by atoms with Crippen molar-refractivity contribution in [2.45, 2.75) is 12.5 Å². The fourth-order valence-corrected chi connectivity index (χ4v) is 4.17. The van der Waals surface area contributed by atoms with E-state index < -0.39 is 9.84 Å². The maximum atomic E-state index is 12.4. The molecule has 1 amide bonds. The average molecular weight is 342 g/mol. The van der Waals surface area contributed by atoms with Crippen molar-refractivity contribution in [3.8, 4) is 5.69 Å². The number of carbonyl (C=O) groups excluding carboxylic acids is 1. The highest BCUT2D eigenvalue weighted by atomic mass is 35.5. The van der Waals surface area contributed by atoms with Crippen molar-refractivity contribution in [1.29, 1.82) is 0 Å². The van der Waals surface area contributed by atoms with Gasteiger partial charge in [0, 0.05) is 11.1 Å². The summed E-state index contributed by atoms with van der Waals surface area (Å²) in [5, 5.41) is 14.0. The number of halogens is 1. The molecule has 22 heavy (non-hydrogen) atoms.